The fourth-order valence-corrected chi connectivity index (χ4v) is 4.28. The van der Waals surface area contributed by atoms with Gasteiger partial charge in [-0.05, 0) is 60.5 Å². The number of phenolic OH excluding ortho intramolecular Hbond substituents is 1. The minimum atomic E-state index is -0.950. The van der Waals surface area contributed by atoms with Gasteiger partial charge in [0.1, 0.15) is 23.0 Å². The Morgan fingerprint density at radius 2 is 1.69 bits per heavy atom. The van der Waals surface area contributed by atoms with Crippen molar-refractivity contribution in [2.45, 2.75) is 32.2 Å². The molecule has 0 spiro atoms. The van der Waals surface area contributed by atoms with Gasteiger partial charge in [-0.2, -0.15) is 0 Å². The lowest BCUT2D eigenvalue weighted by Gasteiger charge is -2.25. The molecule has 3 aromatic rings. The van der Waals surface area contributed by atoms with Crippen LogP contribution in [0.3, 0.4) is 0 Å². The zero-order valence-electron chi connectivity index (χ0n) is 20.3. The first kappa shape index (κ1) is 24.9. The highest BCUT2D eigenvalue weighted by Gasteiger charge is 2.47. The van der Waals surface area contributed by atoms with Crippen LogP contribution >= 0.6 is 0 Å². The highest BCUT2D eigenvalue weighted by Crippen LogP contribution is 2.43. The summed E-state index contributed by atoms with van der Waals surface area (Å²) in [6, 6.07) is 18.9. The number of aliphatic hydroxyl groups excluding tert-OH is 1. The van der Waals surface area contributed by atoms with E-state index >= 15 is 0 Å². The smallest absolute Gasteiger partial charge is 0.300 e. The summed E-state index contributed by atoms with van der Waals surface area (Å²) in [6.45, 7) is 2.72. The van der Waals surface area contributed by atoms with Crippen molar-refractivity contribution in [1.82, 2.24) is 0 Å². The summed E-state index contributed by atoms with van der Waals surface area (Å²) in [6.07, 6.45) is 3.14. The average molecular weight is 488 g/mol. The summed E-state index contributed by atoms with van der Waals surface area (Å²) in [5.74, 6) is -0.752. The molecule has 1 amide bonds. The number of ether oxygens (including phenoxy) is 2. The second kappa shape index (κ2) is 11.0. The molecular weight excluding hydrogens is 458 g/mol. The van der Waals surface area contributed by atoms with E-state index in [1.807, 2.05) is 0 Å². The number of hydrogen-bond acceptors (Lipinski definition) is 6. The molecule has 3 aromatic carbocycles. The number of carbonyl (C=O) groups is 2. The van der Waals surface area contributed by atoms with E-state index in [1.165, 1.54) is 24.1 Å². The number of rotatable bonds is 9. The fraction of sp³-hybridized carbons (Fsp3) is 0.241. The van der Waals surface area contributed by atoms with Gasteiger partial charge in [-0.25, -0.2) is 0 Å². The molecule has 7 nitrogen and oxygen atoms in total. The number of Topliss-reactive ketones (excluding diaryl/α,β-unsaturated/α-hetero) is 1. The molecule has 1 saturated heterocycles. The number of ketones is 1. The standard InChI is InChI=1S/C29H29NO6/c1-3-4-5-16-36-23-14-12-19(13-15-23)27(32)25-26(20-8-6-10-22(31)17-20)30(29(34)28(25)33)21-9-7-11-24(18-21)35-2/h6-15,17-18,26,31-32H,3-5,16H2,1-2H3/b27-25+. The monoisotopic (exact) mass is 487 g/mol. The molecule has 1 atom stereocenters. The van der Waals surface area contributed by atoms with E-state index in [2.05, 4.69) is 6.92 Å². The summed E-state index contributed by atoms with van der Waals surface area (Å²) < 4.78 is 11.0. The number of benzene rings is 3. The van der Waals surface area contributed by atoms with Crippen molar-refractivity contribution >= 4 is 23.1 Å². The number of aromatic hydroxyl groups is 1. The number of unbranched alkanes of at least 4 members (excludes halogenated alkanes) is 2. The molecule has 1 fully saturated rings. The van der Waals surface area contributed by atoms with Gasteiger partial charge in [0.15, 0.2) is 0 Å². The molecule has 7 heteroatoms. The molecule has 4 rings (SSSR count). The molecule has 1 heterocycles. The molecule has 0 bridgehead atoms. The van der Waals surface area contributed by atoms with E-state index in [1.54, 1.807) is 60.7 Å². The maximum atomic E-state index is 13.3. The van der Waals surface area contributed by atoms with Gasteiger partial charge in [0, 0.05) is 17.3 Å². The Morgan fingerprint density at radius 1 is 0.944 bits per heavy atom. The van der Waals surface area contributed by atoms with Crippen molar-refractivity contribution in [2.24, 2.45) is 0 Å². The molecule has 1 aliphatic heterocycles. The zero-order chi connectivity index (χ0) is 25.7. The number of carbonyl (C=O) groups excluding carboxylic acids is 2. The lowest BCUT2D eigenvalue weighted by Crippen LogP contribution is -2.29. The Morgan fingerprint density at radius 3 is 2.39 bits per heavy atom. The Bertz CT molecular complexity index is 1280. The van der Waals surface area contributed by atoms with Gasteiger partial charge in [-0.3, -0.25) is 14.5 Å². The Kier molecular flexibility index (Phi) is 7.59. The van der Waals surface area contributed by atoms with Gasteiger partial charge in [0.25, 0.3) is 11.7 Å². The normalized spacial score (nSPS) is 16.8. The molecule has 1 unspecified atom stereocenters. The third-order valence-electron chi connectivity index (χ3n) is 6.11. The number of phenols is 1. The number of aliphatic hydroxyl groups is 1. The topological polar surface area (TPSA) is 96.3 Å². The van der Waals surface area contributed by atoms with E-state index in [0.29, 0.717) is 34.9 Å². The third kappa shape index (κ3) is 5.05. The van der Waals surface area contributed by atoms with Crippen molar-refractivity contribution in [3.8, 4) is 17.2 Å². The summed E-state index contributed by atoms with van der Waals surface area (Å²) >= 11 is 0. The van der Waals surface area contributed by atoms with Gasteiger partial charge in [0.05, 0.1) is 25.3 Å². The van der Waals surface area contributed by atoms with Crippen molar-refractivity contribution < 1.29 is 29.3 Å². The van der Waals surface area contributed by atoms with Crippen molar-refractivity contribution in [1.29, 1.82) is 0 Å². The maximum Gasteiger partial charge on any atom is 0.300 e. The van der Waals surface area contributed by atoms with Crippen LogP contribution in [0.15, 0.2) is 78.4 Å². The second-order valence-electron chi connectivity index (χ2n) is 8.55. The largest absolute Gasteiger partial charge is 0.508 e. The van der Waals surface area contributed by atoms with Crippen LogP contribution in [0.5, 0.6) is 17.2 Å². The second-order valence-corrected chi connectivity index (χ2v) is 8.55. The SMILES string of the molecule is CCCCCOc1ccc(/C(O)=C2\C(=O)C(=O)N(c3cccc(OC)c3)C2c2cccc(O)c2)cc1. The van der Waals surface area contributed by atoms with Crippen LogP contribution in [0.1, 0.15) is 43.4 Å². The number of amides is 1. The molecule has 0 radical (unpaired) electrons. The van der Waals surface area contributed by atoms with Crippen LogP contribution in [0.4, 0.5) is 5.69 Å². The van der Waals surface area contributed by atoms with Gasteiger partial charge in [-0.1, -0.05) is 38.0 Å². The van der Waals surface area contributed by atoms with Crippen LogP contribution in [0.2, 0.25) is 0 Å². The van der Waals surface area contributed by atoms with E-state index in [9.17, 15) is 19.8 Å². The minimum absolute atomic E-state index is 0.0201. The molecule has 186 valence electrons. The molecule has 0 saturated carbocycles. The van der Waals surface area contributed by atoms with Gasteiger partial charge in [-0.15, -0.1) is 0 Å². The van der Waals surface area contributed by atoms with Crippen LogP contribution in [-0.4, -0.2) is 35.6 Å². The quantitative estimate of drug-likeness (QED) is 0.177. The molecule has 36 heavy (non-hydrogen) atoms. The number of nitrogens with zero attached hydrogens (tertiary/aromatic N) is 1. The third-order valence-corrected chi connectivity index (χ3v) is 6.11. The molecular formula is C29H29NO6. The maximum absolute atomic E-state index is 13.3. The first-order chi connectivity index (χ1) is 17.4. The number of anilines is 1. The minimum Gasteiger partial charge on any atom is -0.508 e. The van der Waals surface area contributed by atoms with E-state index < -0.39 is 17.7 Å². The number of methoxy groups -OCH3 is 1. The van der Waals surface area contributed by atoms with Crippen LogP contribution in [0.25, 0.3) is 5.76 Å². The van der Waals surface area contributed by atoms with E-state index in [4.69, 9.17) is 9.47 Å². The van der Waals surface area contributed by atoms with Crippen molar-refractivity contribution in [3.63, 3.8) is 0 Å². The predicted octanol–water partition coefficient (Wildman–Crippen LogP) is 5.60. The molecule has 2 N–H and O–H groups in total. The van der Waals surface area contributed by atoms with E-state index in [0.717, 1.165) is 19.3 Å². The summed E-state index contributed by atoms with van der Waals surface area (Å²) in [4.78, 5) is 27.8. The fourth-order valence-electron chi connectivity index (χ4n) is 4.28. The van der Waals surface area contributed by atoms with Crippen molar-refractivity contribution in [3.05, 3.63) is 89.5 Å². The van der Waals surface area contributed by atoms with Crippen molar-refractivity contribution in [2.75, 3.05) is 18.6 Å². The van der Waals surface area contributed by atoms with Gasteiger partial charge < -0.3 is 19.7 Å². The predicted molar refractivity (Wildman–Crippen MR) is 137 cm³/mol. The molecule has 0 aliphatic carbocycles. The highest BCUT2D eigenvalue weighted by molar-refractivity contribution is 6.51. The summed E-state index contributed by atoms with van der Waals surface area (Å²) in [7, 11) is 1.51. The molecule has 1 aliphatic rings. The zero-order valence-corrected chi connectivity index (χ0v) is 20.3. The summed E-state index contributed by atoms with van der Waals surface area (Å²) in [5, 5.41) is 21.4. The van der Waals surface area contributed by atoms with Gasteiger partial charge >= 0.3 is 0 Å². The molecule has 0 aromatic heterocycles. The Labute approximate surface area is 210 Å². The average Bonchev–Trinajstić information content (AvgIpc) is 3.17. The Balaban J connectivity index is 1.77. The van der Waals surface area contributed by atoms with Gasteiger partial charge in [0.2, 0.25) is 0 Å². The lowest BCUT2D eigenvalue weighted by atomic mass is 9.95. The van der Waals surface area contributed by atoms with E-state index in [-0.39, 0.29) is 17.1 Å². The first-order valence-corrected chi connectivity index (χ1v) is 11.9. The van der Waals surface area contributed by atoms with Crippen LogP contribution < -0.4 is 14.4 Å². The summed E-state index contributed by atoms with van der Waals surface area (Å²) in [5.41, 5.74) is 1.23. The first-order valence-electron chi connectivity index (χ1n) is 11.9. The Hall–Kier alpha value is -4.26. The highest BCUT2D eigenvalue weighted by atomic mass is 16.5. The number of hydrogen-bond donors (Lipinski definition) is 2. The lowest BCUT2D eigenvalue weighted by molar-refractivity contribution is -0.132. The van der Waals surface area contributed by atoms with Crippen LogP contribution in [-0.2, 0) is 9.59 Å². The van der Waals surface area contributed by atoms with Crippen LogP contribution in [0, 0.1) is 0 Å².